The number of nitrogens with one attached hydrogen (secondary N) is 1. The van der Waals surface area contributed by atoms with Crippen LogP contribution in [0.15, 0.2) is 89.8 Å². The van der Waals surface area contributed by atoms with E-state index in [1.54, 1.807) is 66.7 Å². The minimum Gasteiger partial charge on any atom is -0.493 e. The van der Waals surface area contributed by atoms with E-state index in [1.807, 2.05) is 24.3 Å². The Morgan fingerprint density at radius 1 is 1.03 bits per heavy atom. The third kappa shape index (κ3) is 6.76. The molecule has 0 saturated carbocycles. The van der Waals surface area contributed by atoms with Crippen LogP contribution in [0.1, 0.15) is 18.4 Å². The molecule has 6 heteroatoms. The minimum absolute atomic E-state index is 0.205. The lowest BCUT2D eigenvalue weighted by atomic mass is 10.1. The summed E-state index contributed by atoms with van der Waals surface area (Å²) in [6.45, 7) is 0.502. The van der Waals surface area contributed by atoms with Crippen LogP contribution in [0.5, 0.6) is 5.75 Å². The molecule has 0 unspecified atom stereocenters. The molecular weight excluding hydrogens is 398 g/mol. The van der Waals surface area contributed by atoms with Gasteiger partial charge in [0, 0.05) is 11.8 Å². The van der Waals surface area contributed by atoms with Crippen LogP contribution in [0.3, 0.4) is 0 Å². The van der Waals surface area contributed by atoms with E-state index in [2.05, 4.69) is 10.8 Å². The summed E-state index contributed by atoms with van der Waals surface area (Å²) in [6.07, 6.45) is 4.11. The lowest BCUT2D eigenvalue weighted by molar-refractivity contribution is 0.195. The molecular formula is C24H24NO4S. The summed E-state index contributed by atoms with van der Waals surface area (Å²) in [5.74, 6) is 0.692. The summed E-state index contributed by atoms with van der Waals surface area (Å²) in [7, 11) is -3.64. The molecule has 5 nitrogen and oxygen atoms in total. The monoisotopic (exact) mass is 422 g/mol. The maximum atomic E-state index is 12.4. The molecule has 30 heavy (non-hydrogen) atoms. The number of anilines is 1. The van der Waals surface area contributed by atoms with Crippen molar-refractivity contribution in [2.24, 2.45) is 0 Å². The summed E-state index contributed by atoms with van der Waals surface area (Å²) in [6, 6.07) is 25.6. The number of para-hydroxylation sites is 1. The van der Waals surface area contributed by atoms with Crippen molar-refractivity contribution in [2.45, 2.75) is 23.8 Å². The van der Waals surface area contributed by atoms with Crippen molar-refractivity contribution in [3.8, 4) is 5.75 Å². The van der Waals surface area contributed by atoms with Crippen LogP contribution in [0, 0.1) is 6.07 Å². The molecule has 0 bridgehead atoms. The van der Waals surface area contributed by atoms with Crippen LogP contribution in [0.4, 0.5) is 5.69 Å². The molecule has 0 aromatic heterocycles. The fourth-order valence-electron chi connectivity index (χ4n) is 2.78. The Kier molecular flexibility index (Phi) is 7.65. The number of aliphatic hydroxyl groups is 1. The molecule has 3 rings (SSSR count). The standard InChI is InChI=1S/C24H24NO4S/c26-22(11-8-18-29-23-12-3-1-4-13-23)17-16-20-9-7-10-21(19-20)25-30(27,28)24-14-5-2-6-15-24/h1-7,9-10,12,14-17,19,22,25-26H,8,11,18H2/b17-16+/t22-/m0/s1. The highest BCUT2D eigenvalue weighted by Gasteiger charge is 2.13. The molecule has 0 amide bonds. The van der Waals surface area contributed by atoms with Crippen LogP contribution in [-0.2, 0) is 10.0 Å². The highest BCUT2D eigenvalue weighted by molar-refractivity contribution is 7.92. The van der Waals surface area contributed by atoms with E-state index < -0.39 is 16.1 Å². The largest absolute Gasteiger partial charge is 0.493 e. The van der Waals surface area contributed by atoms with Gasteiger partial charge in [-0.1, -0.05) is 60.7 Å². The van der Waals surface area contributed by atoms with E-state index in [0.29, 0.717) is 30.9 Å². The van der Waals surface area contributed by atoms with Gasteiger partial charge in [0.1, 0.15) is 5.75 Å². The highest BCUT2D eigenvalue weighted by atomic mass is 32.2. The SMILES string of the molecule is O=S(=O)(Nc1cccc(/C=C/[C@@H](O)CCCOc2[c]cccc2)c1)c1ccccc1. The second-order valence-corrected chi connectivity index (χ2v) is 8.37. The summed E-state index contributed by atoms with van der Waals surface area (Å²) >= 11 is 0. The summed E-state index contributed by atoms with van der Waals surface area (Å²) < 4.78 is 33.0. The molecule has 0 aliphatic heterocycles. The van der Waals surface area contributed by atoms with Crippen molar-refractivity contribution in [1.82, 2.24) is 0 Å². The molecule has 1 radical (unpaired) electrons. The van der Waals surface area contributed by atoms with Gasteiger partial charge >= 0.3 is 0 Å². The number of hydrogen-bond donors (Lipinski definition) is 2. The van der Waals surface area contributed by atoms with Gasteiger partial charge < -0.3 is 9.84 Å². The normalized spacial score (nSPS) is 12.6. The van der Waals surface area contributed by atoms with E-state index in [-0.39, 0.29) is 4.90 Å². The first-order valence-electron chi connectivity index (χ1n) is 9.67. The molecule has 1 atom stereocenters. The van der Waals surface area contributed by atoms with Gasteiger partial charge in [0.2, 0.25) is 0 Å². The molecule has 2 N–H and O–H groups in total. The number of ether oxygens (including phenoxy) is 1. The number of rotatable bonds is 10. The molecule has 0 heterocycles. The molecule has 3 aromatic carbocycles. The average Bonchev–Trinajstić information content (AvgIpc) is 2.77. The van der Waals surface area contributed by atoms with Crippen molar-refractivity contribution >= 4 is 21.8 Å². The zero-order chi connectivity index (χ0) is 21.2. The van der Waals surface area contributed by atoms with Gasteiger partial charge in [0.25, 0.3) is 10.0 Å². The smallest absolute Gasteiger partial charge is 0.261 e. The Morgan fingerprint density at radius 2 is 1.83 bits per heavy atom. The topological polar surface area (TPSA) is 75.6 Å². The highest BCUT2D eigenvalue weighted by Crippen LogP contribution is 2.18. The van der Waals surface area contributed by atoms with Crippen LogP contribution < -0.4 is 9.46 Å². The van der Waals surface area contributed by atoms with Crippen molar-refractivity contribution in [3.63, 3.8) is 0 Å². The number of aliphatic hydroxyl groups excluding tert-OH is 1. The fourth-order valence-corrected chi connectivity index (χ4v) is 3.85. The third-order valence-corrected chi connectivity index (χ3v) is 5.68. The van der Waals surface area contributed by atoms with Crippen LogP contribution >= 0.6 is 0 Å². The quantitative estimate of drug-likeness (QED) is 0.471. The van der Waals surface area contributed by atoms with E-state index in [9.17, 15) is 13.5 Å². The van der Waals surface area contributed by atoms with Crippen molar-refractivity contribution in [1.29, 1.82) is 0 Å². The van der Waals surface area contributed by atoms with Crippen molar-refractivity contribution in [3.05, 3.63) is 96.6 Å². The first-order valence-corrected chi connectivity index (χ1v) is 11.1. The van der Waals surface area contributed by atoms with Crippen molar-refractivity contribution in [2.75, 3.05) is 11.3 Å². The van der Waals surface area contributed by atoms with Gasteiger partial charge in [-0.05, 0) is 48.7 Å². The van der Waals surface area contributed by atoms with Crippen LogP contribution in [0.25, 0.3) is 6.08 Å². The number of benzene rings is 3. The van der Waals surface area contributed by atoms with Gasteiger partial charge in [-0.2, -0.15) is 0 Å². The lowest BCUT2D eigenvalue weighted by Crippen LogP contribution is -2.12. The maximum Gasteiger partial charge on any atom is 0.261 e. The Hall–Kier alpha value is -3.09. The van der Waals surface area contributed by atoms with Gasteiger partial charge in [0.05, 0.1) is 17.6 Å². The second kappa shape index (κ2) is 10.6. The minimum atomic E-state index is -3.64. The van der Waals surface area contributed by atoms with Crippen molar-refractivity contribution < 1.29 is 18.3 Å². The van der Waals surface area contributed by atoms with E-state index >= 15 is 0 Å². The molecule has 0 saturated heterocycles. The summed E-state index contributed by atoms with van der Waals surface area (Å²) in [5.41, 5.74) is 1.25. The zero-order valence-corrected chi connectivity index (χ0v) is 17.3. The second-order valence-electron chi connectivity index (χ2n) is 6.69. The summed E-state index contributed by atoms with van der Waals surface area (Å²) in [5, 5.41) is 10.2. The molecule has 0 aliphatic rings. The maximum absolute atomic E-state index is 12.4. The molecule has 155 valence electrons. The van der Waals surface area contributed by atoms with E-state index in [1.165, 1.54) is 0 Å². The molecule has 0 fully saturated rings. The zero-order valence-electron chi connectivity index (χ0n) is 16.4. The Bertz CT molecular complexity index is 1050. The Morgan fingerprint density at radius 3 is 2.60 bits per heavy atom. The van der Waals surface area contributed by atoms with Crippen LogP contribution in [0.2, 0.25) is 0 Å². The predicted molar refractivity (Wildman–Crippen MR) is 119 cm³/mol. The Labute approximate surface area is 177 Å². The molecule has 3 aromatic rings. The van der Waals surface area contributed by atoms with E-state index in [0.717, 1.165) is 5.56 Å². The summed E-state index contributed by atoms with van der Waals surface area (Å²) in [4.78, 5) is 0.205. The van der Waals surface area contributed by atoms with Gasteiger partial charge in [-0.3, -0.25) is 4.72 Å². The van der Waals surface area contributed by atoms with E-state index in [4.69, 9.17) is 4.74 Å². The number of hydrogen-bond acceptors (Lipinski definition) is 4. The first kappa shape index (κ1) is 21.6. The van der Waals surface area contributed by atoms with Gasteiger partial charge in [0.15, 0.2) is 0 Å². The lowest BCUT2D eigenvalue weighted by Gasteiger charge is -2.09. The predicted octanol–water partition coefficient (Wildman–Crippen LogP) is 4.52. The first-order chi connectivity index (χ1) is 14.5. The van der Waals surface area contributed by atoms with Gasteiger partial charge in [-0.15, -0.1) is 0 Å². The van der Waals surface area contributed by atoms with Gasteiger partial charge in [-0.25, -0.2) is 8.42 Å². The Balaban J connectivity index is 1.51. The number of sulfonamides is 1. The van der Waals surface area contributed by atoms with Crippen LogP contribution in [-0.4, -0.2) is 26.2 Å². The molecule has 0 spiro atoms. The third-order valence-electron chi connectivity index (χ3n) is 4.29. The average molecular weight is 423 g/mol. The fraction of sp³-hybridized carbons (Fsp3) is 0.167. The molecule has 0 aliphatic carbocycles.